The molecule has 1 atom stereocenters. The summed E-state index contributed by atoms with van der Waals surface area (Å²) in [4.78, 5) is 20.8. The van der Waals surface area contributed by atoms with Gasteiger partial charge in [-0.2, -0.15) is 13.2 Å². The van der Waals surface area contributed by atoms with Crippen molar-refractivity contribution in [3.63, 3.8) is 0 Å². The van der Waals surface area contributed by atoms with Crippen molar-refractivity contribution in [2.24, 2.45) is 0 Å². The summed E-state index contributed by atoms with van der Waals surface area (Å²) in [5, 5.41) is 0. The van der Waals surface area contributed by atoms with Crippen molar-refractivity contribution in [1.82, 2.24) is 9.97 Å². The third kappa shape index (κ3) is 10.6. The van der Waals surface area contributed by atoms with E-state index in [2.05, 4.69) is 21.6 Å². The normalized spacial score (nSPS) is 12.4. The molecule has 0 aliphatic rings. The molecular formula is C26H35F3N2O4. The van der Waals surface area contributed by atoms with Gasteiger partial charge in [0.15, 0.2) is 11.6 Å². The molecular weight excluding hydrogens is 461 g/mol. The maximum atomic E-state index is 13.1. The lowest BCUT2D eigenvalue weighted by molar-refractivity contribution is -0.217. The second kappa shape index (κ2) is 15.3. The Hall–Kier alpha value is -2.68. The number of esters is 1. The Kier molecular flexibility index (Phi) is 12.5. The molecule has 6 nitrogen and oxygen atoms in total. The first-order valence-corrected chi connectivity index (χ1v) is 12.3. The van der Waals surface area contributed by atoms with Crippen molar-refractivity contribution >= 4 is 5.97 Å². The van der Waals surface area contributed by atoms with Crippen molar-refractivity contribution in [1.29, 1.82) is 0 Å². The van der Waals surface area contributed by atoms with E-state index in [9.17, 15) is 18.0 Å². The van der Waals surface area contributed by atoms with E-state index in [4.69, 9.17) is 9.47 Å². The molecule has 35 heavy (non-hydrogen) atoms. The topological polar surface area (TPSA) is 70.5 Å². The summed E-state index contributed by atoms with van der Waals surface area (Å²) in [6, 6.07) is 5.88. The molecule has 0 saturated heterocycles. The number of ether oxygens (including phenoxy) is 3. The van der Waals surface area contributed by atoms with Gasteiger partial charge in [0, 0.05) is 12.2 Å². The van der Waals surface area contributed by atoms with Crippen LogP contribution in [0.2, 0.25) is 0 Å². The van der Waals surface area contributed by atoms with Gasteiger partial charge in [-0.1, -0.05) is 64.5 Å². The van der Waals surface area contributed by atoms with E-state index in [-0.39, 0.29) is 12.2 Å². The molecule has 0 spiro atoms. The molecule has 0 N–H and O–H groups in total. The number of nitrogens with zero attached hydrogens (tertiary/aromatic N) is 2. The molecule has 0 aliphatic heterocycles. The lowest BCUT2D eigenvalue weighted by Crippen LogP contribution is -2.38. The van der Waals surface area contributed by atoms with Gasteiger partial charge in [0.05, 0.1) is 31.2 Å². The lowest BCUT2D eigenvalue weighted by atomic mass is 10.1. The highest BCUT2D eigenvalue weighted by atomic mass is 19.4. The first kappa shape index (κ1) is 28.6. The molecule has 2 aromatic rings. The molecule has 1 unspecified atom stereocenters. The van der Waals surface area contributed by atoms with Gasteiger partial charge in [-0.25, -0.2) is 14.8 Å². The lowest BCUT2D eigenvalue weighted by Gasteiger charge is -2.20. The smallest absolute Gasteiger partial charge is 0.427 e. The molecule has 0 radical (unpaired) electrons. The number of halogens is 3. The molecule has 1 aromatic carbocycles. The quantitative estimate of drug-likeness (QED) is 0.188. The van der Waals surface area contributed by atoms with Crippen LogP contribution in [0.1, 0.15) is 75.6 Å². The standard InChI is InChI=1S/C26H35F3N2O4/c1-3-5-6-7-8-9-10-16-34-22-17-30-24(31-18-22)20-11-13-21(14-12-20)25(32)35-23(26(27,28)29)19-33-15-4-2/h11-14,17-18,23H,3-10,15-16,19H2,1-2H3. The van der Waals surface area contributed by atoms with Crippen LogP contribution in [0.15, 0.2) is 36.7 Å². The molecule has 9 heteroatoms. The van der Waals surface area contributed by atoms with E-state index in [0.717, 1.165) is 12.8 Å². The van der Waals surface area contributed by atoms with E-state index in [1.165, 1.54) is 44.2 Å². The summed E-state index contributed by atoms with van der Waals surface area (Å²) in [5.74, 6) is -0.0910. The van der Waals surface area contributed by atoms with E-state index >= 15 is 0 Å². The van der Waals surface area contributed by atoms with Gasteiger partial charge in [-0.15, -0.1) is 0 Å². The number of rotatable bonds is 16. The molecule has 1 aromatic heterocycles. The number of unbranched alkanes of at least 4 members (excludes halogenated alkanes) is 6. The highest BCUT2D eigenvalue weighted by molar-refractivity contribution is 5.90. The van der Waals surface area contributed by atoms with Crippen molar-refractivity contribution in [3.8, 4) is 17.1 Å². The number of hydrogen-bond acceptors (Lipinski definition) is 6. The second-order valence-corrected chi connectivity index (χ2v) is 8.30. The van der Waals surface area contributed by atoms with Gasteiger partial charge in [0.25, 0.3) is 0 Å². The Morgan fingerprint density at radius 2 is 1.51 bits per heavy atom. The van der Waals surface area contributed by atoms with Crippen molar-refractivity contribution in [2.75, 3.05) is 19.8 Å². The molecule has 1 heterocycles. The number of carbonyl (C=O) groups is 1. The monoisotopic (exact) mass is 496 g/mol. The van der Waals surface area contributed by atoms with E-state index in [1.54, 1.807) is 31.5 Å². The van der Waals surface area contributed by atoms with Crippen LogP contribution in [0.3, 0.4) is 0 Å². The first-order chi connectivity index (χ1) is 16.8. The van der Waals surface area contributed by atoms with Crippen molar-refractivity contribution in [2.45, 2.75) is 77.5 Å². The maximum absolute atomic E-state index is 13.1. The van der Waals surface area contributed by atoms with Crippen LogP contribution in [-0.2, 0) is 9.47 Å². The van der Waals surface area contributed by atoms with Gasteiger partial charge in [-0.3, -0.25) is 0 Å². The summed E-state index contributed by atoms with van der Waals surface area (Å²) in [7, 11) is 0. The minimum Gasteiger partial charge on any atom is -0.490 e. The van der Waals surface area contributed by atoms with Crippen LogP contribution in [0.4, 0.5) is 13.2 Å². The Morgan fingerprint density at radius 3 is 2.11 bits per heavy atom. The van der Waals surface area contributed by atoms with E-state index in [0.29, 0.717) is 30.2 Å². The minimum absolute atomic E-state index is 0.00635. The fourth-order valence-corrected chi connectivity index (χ4v) is 3.27. The Morgan fingerprint density at radius 1 is 0.886 bits per heavy atom. The van der Waals surface area contributed by atoms with Gasteiger partial charge in [0.2, 0.25) is 6.10 Å². The maximum Gasteiger partial charge on any atom is 0.427 e. The predicted molar refractivity (Wildman–Crippen MR) is 127 cm³/mol. The van der Waals surface area contributed by atoms with Crippen LogP contribution < -0.4 is 4.74 Å². The van der Waals surface area contributed by atoms with Gasteiger partial charge in [-0.05, 0) is 25.0 Å². The SMILES string of the molecule is CCCCCCCCCOc1cnc(-c2ccc(C(=O)OC(COCCC)C(F)(F)F)cc2)nc1. The molecule has 0 fully saturated rings. The molecule has 0 amide bonds. The third-order valence-electron chi connectivity index (χ3n) is 5.26. The third-order valence-corrected chi connectivity index (χ3v) is 5.26. The van der Waals surface area contributed by atoms with Crippen LogP contribution in [0.25, 0.3) is 11.4 Å². The van der Waals surface area contributed by atoms with Gasteiger partial charge >= 0.3 is 12.1 Å². The van der Waals surface area contributed by atoms with Crippen molar-refractivity contribution < 1.29 is 32.2 Å². The molecule has 0 aliphatic carbocycles. The average molecular weight is 497 g/mol. The first-order valence-electron chi connectivity index (χ1n) is 12.3. The van der Waals surface area contributed by atoms with E-state index in [1.807, 2.05) is 0 Å². The fourth-order valence-electron chi connectivity index (χ4n) is 3.27. The summed E-state index contributed by atoms with van der Waals surface area (Å²) in [6.07, 6.45) is 5.10. The zero-order chi connectivity index (χ0) is 25.5. The van der Waals surface area contributed by atoms with Crippen LogP contribution >= 0.6 is 0 Å². The number of alkyl halides is 3. The summed E-state index contributed by atoms with van der Waals surface area (Å²) in [5.41, 5.74) is 0.604. The number of carbonyl (C=O) groups excluding carboxylic acids is 1. The molecule has 194 valence electrons. The van der Waals surface area contributed by atoms with E-state index < -0.39 is 24.9 Å². The zero-order valence-corrected chi connectivity index (χ0v) is 20.5. The number of hydrogen-bond donors (Lipinski definition) is 0. The van der Waals surface area contributed by atoms with Gasteiger partial charge in [0.1, 0.15) is 0 Å². The molecule has 0 saturated carbocycles. The largest absolute Gasteiger partial charge is 0.490 e. The Bertz CT molecular complexity index is 858. The molecule has 0 bridgehead atoms. The van der Waals surface area contributed by atoms with Gasteiger partial charge < -0.3 is 14.2 Å². The number of aromatic nitrogens is 2. The number of benzene rings is 1. The fraction of sp³-hybridized carbons (Fsp3) is 0.577. The van der Waals surface area contributed by atoms with Crippen LogP contribution in [-0.4, -0.2) is 48.0 Å². The second-order valence-electron chi connectivity index (χ2n) is 8.30. The summed E-state index contributed by atoms with van der Waals surface area (Å²) in [6.45, 7) is 4.01. The minimum atomic E-state index is -4.71. The predicted octanol–water partition coefficient (Wildman–Crippen LogP) is 6.79. The Labute approximate surface area is 205 Å². The van der Waals surface area contributed by atoms with Crippen LogP contribution in [0.5, 0.6) is 5.75 Å². The van der Waals surface area contributed by atoms with Crippen LogP contribution in [0, 0.1) is 0 Å². The molecule has 2 rings (SSSR count). The summed E-state index contributed by atoms with van der Waals surface area (Å²) >= 11 is 0. The highest BCUT2D eigenvalue weighted by Gasteiger charge is 2.43. The van der Waals surface area contributed by atoms with Crippen molar-refractivity contribution in [3.05, 3.63) is 42.2 Å². The zero-order valence-electron chi connectivity index (χ0n) is 20.5. The highest BCUT2D eigenvalue weighted by Crippen LogP contribution is 2.25. The average Bonchev–Trinajstić information content (AvgIpc) is 2.85. The Balaban J connectivity index is 1.84. The summed E-state index contributed by atoms with van der Waals surface area (Å²) < 4.78 is 54.7.